The van der Waals surface area contributed by atoms with E-state index >= 15 is 0 Å². The molecule has 1 aromatic carbocycles. The highest BCUT2D eigenvalue weighted by atomic mass is 32.1. The summed E-state index contributed by atoms with van der Waals surface area (Å²) in [6.45, 7) is 3.00. The average molecular weight is 373 g/mol. The monoisotopic (exact) mass is 373 g/mol. The Morgan fingerprint density at radius 3 is 2.88 bits per heavy atom. The molecule has 3 rings (SSSR count). The first kappa shape index (κ1) is 18.4. The minimum absolute atomic E-state index is 0.0120. The first-order chi connectivity index (χ1) is 12.5. The lowest BCUT2D eigenvalue weighted by molar-refractivity contribution is -0.134. The van der Waals surface area contributed by atoms with Gasteiger partial charge in [0.25, 0.3) is 0 Å². The molecule has 6 nitrogen and oxygen atoms in total. The summed E-state index contributed by atoms with van der Waals surface area (Å²) < 4.78 is 5.35. The summed E-state index contributed by atoms with van der Waals surface area (Å²) in [5.74, 6) is 0.292. The summed E-state index contributed by atoms with van der Waals surface area (Å²) in [4.78, 5) is 34.0. The van der Waals surface area contributed by atoms with E-state index in [2.05, 4.69) is 4.98 Å². The van der Waals surface area contributed by atoms with Crippen LogP contribution in [0.3, 0.4) is 0 Å². The first-order valence-electron chi connectivity index (χ1n) is 8.58. The van der Waals surface area contributed by atoms with Crippen LogP contribution >= 0.6 is 11.3 Å². The molecule has 2 amide bonds. The number of rotatable bonds is 6. The Bertz CT molecular complexity index is 805. The normalized spacial score (nSPS) is 16.8. The zero-order chi connectivity index (χ0) is 18.7. The molecule has 0 N–H and O–H groups in total. The third-order valence-electron chi connectivity index (χ3n) is 4.75. The number of carbonyl (C=O) groups is 2. The molecule has 1 fully saturated rings. The van der Waals surface area contributed by atoms with Crippen LogP contribution in [-0.2, 0) is 16.0 Å². The van der Waals surface area contributed by atoms with Crippen molar-refractivity contribution in [3.05, 3.63) is 40.3 Å². The number of thiazole rings is 1. The molecule has 1 aliphatic rings. The molecule has 0 radical (unpaired) electrons. The summed E-state index contributed by atoms with van der Waals surface area (Å²) in [5, 5.41) is 0. The molecule has 0 spiro atoms. The van der Waals surface area contributed by atoms with Crippen LogP contribution in [0.4, 0.5) is 5.69 Å². The summed E-state index contributed by atoms with van der Waals surface area (Å²) in [6.07, 6.45) is 1.02. The van der Waals surface area contributed by atoms with Gasteiger partial charge in [-0.3, -0.25) is 9.59 Å². The van der Waals surface area contributed by atoms with Gasteiger partial charge < -0.3 is 14.5 Å². The maximum atomic E-state index is 12.8. The predicted molar refractivity (Wildman–Crippen MR) is 102 cm³/mol. The van der Waals surface area contributed by atoms with Gasteiger partial charge >= 0.3 is 0 Å². The molecule has 0 aliphatic carbocycles. The molecule has 0 saturated carbocycles. The Balaban J connectivity index is 1.64. The van der Waals surface area contributed by atoms with Gasteiger partial charge in [0.1, 0.15) is 5.75 Å². The van der Waals surface area contributed by atoms with Gasteiger partial charge in [0, 0.05) is 37.9 Å². The number of anilines is 1. The SMILES string of the molecule is COc1ccccc1N1CC(C(=O)N(C)CCc2scnc2C)CC1=O. The molecular weight excluding hydrogens is 350 g/mol. The van der Waals surface area contributed by atoms with Crippen LogP contribution in [0.5, 0.6) is 5.75 Å². The standard InChI is InChI=1S/C19H23N3O3S/c1-13-17(26-12-20-13)8-9-21(2)19(24)14-10-18(23)22(11-14)15-6-4-5-7-16(15)25-3/h4-7,12,14H,8-11H2,1-3H3. The number of benzene rings is 1. The minimum atomic E-state index is -0.319. The number of aromatic nitrogens is 1. The molecule has 138 valence electrons. The fourth-order valence-corrected chi connectivity index (χ4v) is 3.99. The average Bonchev–Trinajstić information content (AvgIpc) is 3.24. The third kappa shape index (κ3) is 3.72. The van der Waals surface area contributed by atoms with Crippen LogP contribution in [0.15, 0.2) is 29.8 Å². The van der Waals surface area contributed by atoms with E-state index in [0.29, 0.717) is 18.8 Å². The molecule has 2 aromatic rings. The minimum Gasteiger partial charge on any atom is -0.495 e. The van der Waals surface area contributed by atoms with Crippen molar-refractivity contribution >= 4 is 28.8 Å². The van der Waals surface area contributed by atoms with Gasteiger partial charge in [0.2, 0.25) is 11.8 Å². The van der Waals surface area contributed by atoms with Crippen molar-refractivity contribution in [2.24, 2.45) is 5.92 Å². The molecule has 1 saturated heterocycles. The maximum absolute atomic E-state index is 12.8. The molecule has 1 unspecified atom stereocenters. The highest BCUT2D eigenvalue weighted by Crippen LogP contribution is 2.33. The number of hydrogen-bond acceptors (Lipinski definition) is 5. The fourth-order valence-electron chi connectivity index (χ4n) is 3.22. The van der Waals surface area contributed by atoms with Crippen LogP contribution in [0, 0.1) is 12.8 Å². The maximum Gasteiger partial charge on any atom is 0.227 e. The Hall–Kier alpha value is -2.41. The van der Waals surface area contributed by atoms with Gasteiger partial charge in [-0.25, -0.2) is 4.98 Å². The number of hydrogen-bond donors (Lipinski definition) is 0. The van der Waals surface area contributed by atoms with Gasteiger partial charge in [0.05, 0.1) is 29.9 Å². The number of carbonyl (C=O) groups excluding carboxylic acids is 2. The van der Waals surface area contributed by atoms with Gasteiger partial charge in [-0.1, -0.05) is 12.1 Å². The zero-order valence-corrected chi connectivity index (χ0v) is 16.1. The third-order valence-corrected chi connectivity index (χ3v) is 5.74. The largest absolute Gasteiger partial charge is 0.495 e. The summed E-state index contributed by atoms with van der Waals surface area (Å²) in [5.41, 5.74) is 3.57. The van der Waals surface area contributed by atoms with Crippen LogP contribution in [-0.4, -0.2) is 48.9 Å². The van der Waals surface area contributed by atoms with E-state index in [9.17, 15) is 9.59 Å². The number of para-hydroxylation sites is 2. The lowest BCUT2D eigenvalue weighted by atomic mass is 10.1. The number of likely N-dealkylation sites (N-methyl/N-ethyl adjacent to an activating group) is 1. The van der Waals surface area contributed by atoms with E-state index in [1.54, 1.807) is 35.3 Å². The summed E-state index contributed by atoms with van der Waals surface area (Å²) in [7, 11) is 3.38. The van der Waals surface area contributed by atoms with Crippen molar-refractivity contribution in [2.45, 2.75) is 19.8 Å². The first-order valence-corrected chi connectivity index (χ1v) is 9.46. The van der Waals surface area contributed by atoms with Crippen molar-refractivity contribution < 1.29 is 14.3 Å². The van der Waals surface area contributed by atoms with E-state index < -0.39 is 0 Å². The van der Waals surface area contributed by atoms with E-state index in [0.717, 1.165) is 17.8 Å². The molecule has 7 heteroatoms. The van der Waals surface area contributed by atoms with Crippen molar-refractivity contribution in [1.82, 2.24) is 9.88 Å². The highest BCUT2D eigenvalue weighted by molar-refractivity contribution is 7.09. The predicted octanol–water partition coefficient (Wildman–Crippen LogP) is 2.51. The van der Waals surface area contributed by atoms with E-state index in [1.165, 1.54) is 4.88 Å². The Kier molecular flexibility index (Phi) is 5.56. The van der Waals surface area contributed by atoms with E-state index in [1.807, 2.05) is 36.7 Å². The summed E-state index contributed by atoms with van der Waals surface area (Å²) in [6, 6.07) is 7.39. The lowest BCUT2D eigenvalue weighted by Crippen LogP contribution is -2.36. The number of nitrogens with zero attached hydrogens (tertiary/aromatic N) is 3. The molecule has 1 aliphatic heterocycles. The summed E-state index contributed by atoms with van der Waals surface area (Å²) >= 11 is 1.61. The fraction of sp³-hybridized carbons (Fsp3) is 0.421. The zero-order valence-electron chi connectivity index (χ0n) is 15.3. The number of methoxy groups -OCH3 is 1. The Morgan fingerprint density at radius 2 is 2.19 bits per heavy atom. The molecule has 0 bridgehead atoms. The second kappa shape index (κ2) is 7.86. The van der Waals surface area contributed by atoms with E-state index in [4.69, 9.17) is 4.74 Å². The quantitative estimate of drug-likeness (QED) is 0.781. The van der Waals surface area contributed by atoms with Crippen molar-refractivity contribution in [3.8, 4) is 5.75 Å². The van der Waals surface area contributed by atoms with Crippen molar-refractivity contribution in [2.75, 3.05) is 32.1 Å². The van der Waals surface area contributed by atoms with Crippen LogP contribution < -0.4 is 9.64 Å². The molecule has 26 heavy (non-hydrogen) atoms. The van der Waals surface area contributed by atoms with Crippen LogP contribution in [0.25, 0.3) is 0 Å². The molecule has 2 heterocycles. The van der Waals surface area contributed by atoms with Crippen LogP contribution in [0.1, 0.15) is 17.0 Å². The van der Waals surface area contributed by atoms with Gasteiger partial charge in [0.15, 0.2) is 0 Å². The van der Waals surface area contributed by atoms with E-state index in [-0.39, 0.29) is 24.2 Å². The molecular formula is C19H23N3O3S. The lowest BCUT2D eigenvalue weighted by Gasteiger charge is -2.22. The second-order valence-corrected chi connectivity index (χ2v) is 7.39. The van der Waals surface area contributed by atoms with Crippen molar-refractivity contribution in [1.29, 1.82) is 0 Å². The van der Waals surface area contributed by atoms with Crippen molar-refractivity contribution in [3.63, 3.8) is 0 Å². The Morgan fingerprint density at radius 1 is 1.42 bits per heavy atom. The second-order valence-electron chi connectivity index (χ2n) is 6.45. The smallest absolute Gasteiger partial charge is 0.227 e. The van der Waals surface area contributed by atoms with Gasteiger partial charge in [-0.05, 0) is 19.1 Å². The van der Waals surface area contributed by atoms with Gasteiger partial charge in [-0.15, -0.1) is 11.3 Å². The highest BCUT2D eigenvalue weighted by Gasteiger charge is 2.37. The Labute approximate surface area is 157 Å². The molecule has 1 aromatic heterocycles. The molecule has 1 atom stereocenters. The number of amides is 2. The van der Waals surface area contributed by atoms with Crippen LogP contribution in [0.2, 0.25) is 0 Å². The van der Waals surface area contributed by atoms with Gasteiger partial charge in [-0.2, -0.15) is 0 Å². The number of ether oxygens (including phenoxy) is 1. The topological polar surface area (TPSA) is 62.7 Å². The number of aryl methyl sites for hydroxylation is 1.